The fraction of sp³-hybridized carbons (Fsp3) is 1.00. The van der Waals surface area contributed by atoms with Gasteiger partial charge in [0.1, 0.15) is 0 Å². The average molecular weight is 189 g/mol. The zero-order chi connectivity index (χ0) is 8.82. The van der Waals surface area contributed by atoms with Gasteiger partial charge in [-0.3, -0.25) is 0 Å². The Labute approximate surface area is 73.5 Å². The summed E-state index contributed by atoms with van der Waals surface area (Å²) in [5.41, 5.74) is 0.320. The molecule has 1 aliphatic carbocycles. The number of nitrogens with one attached hydrogen (secondary N) is 1. The first-order valence-electron chi connectivity index (χ1n) is 4.45. The van der Waals surface area contributed by atoms with Crippen LogP contribution in [0.4, 0.5) is 0 Å². The molecule has 0 atom stereocenters. The second-order valence-electron chi connectivity index (χ2n) is 4.18. The molecule has 1 aliphatic heterocycles. The molecule has 0 aromatic heterocycles. The van der Waals surface area contributed by atoms with Gasteiger partial charge in [0.2, 0.25) is 0 Å². The van der Waals surface area contributed by atoms with Gasteiger partial charge in [-0.05, 0) is 32.2 Å². The fourth-order valence-electron chi connectivity index (χ4n) is 2.05. The van der Waals surface area contributed by atoms with Crippen LogP contribution in [-0.4, -0.2) is 32.5 Å². The summed E-state index contributed by atoms with van der Waals surface area (Å²) in [5.74, 6) is 1.29. The van der Waals surface area contributed by atoms with Crippen molar-refractivity contribution in [2.75, 3.05) is 18.6 Å². The predicted molar refractivity (Wildman–Crippen MR) is 47.8 cm³/mol. The van der Waals surface area contributed by atoms with E-state index in [-0.39, 0.29) is 0 Å². The Morgan fingerprint density at radius 1 is 1.42 bits per heavy atom. The van der Waals surface area contributed by atoms with Gasteiger partial charge in [0.05, 0.1) is 11.5 Å². The van der Waals surface area contributed by atoms with Gasteiger partial charge in [-0.25, -0.2) is 8.42 Å². The highest BCUT2D eigenvalue weighted by Crippen LogP contribution is 2.42. The van der Waals surface area contributed by atoms with Crippen LogP contribution in [0.5, 0.6) is 0 Å². The summed E-state index contributed by atoms with van der Waals surface area (Å²) in [5, 5.41) is 3.28. The third kappa shape index (κ3) is 1.50. The Morgan fingerprint density at radius 3 is 2.33 bits per heavy atom. The Bertz CT molecular complexity index is 267. The lowest BCUT2D eigenvalue weighted by atomic mass is 10.0. The Balaban J connectivity index is 1.84. The topological polar surface area (TPSA) is 46.2 Å². The number of rotatable bonds is 3. The van der Waals surface area contributed by atoms with Crippen LogP contribution in [-0.2, 0) is 9.84 Å². The monoisotopic (exact) mass is 189 g/mol. The number of hydrogen-bond donors (Lipinski definition) is 1. The molecule has 2 aliphatic rings. The van der Waals surface area contributed by atoms with Gasteiger partial charge in [-0.15, -0.1) is 0 Å². The third-order valence-corrected chi connectivity index (χ3v) is 5.00. The van der Waals surface area contributed by atoms with Crippen molar-refractivity contribution in [2.45, 2.75) is 24.8 Å². The summed E-state index contributed by atoms with van der Waals surface area (Å²) in [6.45, 7) is 0. The third-order valence-electron chi connectivity index (χ3n) is 3.04. The Hall–Kier alpha value is -0.0900. The normalized spacial score (nSPS) is 31.1. The average Bonchev–Trinajstić information content (AvgIpc) is 2.66. The fourth-order valence-corrected chi connectivity index (χ4v) is 3.62. The summed E-state index contributed by atoms with van der Waals surface area (Å²) in [6, 6.07) is 0. The van der Waals surface area contributed by atoms with Crippen LogP contribution >= 0.6 is 0 Å². The first kappa shape index (κ1) is 8.51. The molecule has 1 saturated heterocycles. The van der Waals surface area contributed by atoms with Gasteiger partial charge in [0, 0.05) is 5.54 Å². The van der Waals surface area contributed by atoms with Crippen molar-refractivity contribution in [1.29, 1.82) is 0 Å². The van der Waals surface area contributed by atoms with Gasteiger partial charge in [-0.2, -0.15) is 0 Å². The van der Waals surface area contributed by atoms with Crippen molar-refractivity contribution >= 4 is 9.84 Å². The van der Waals surface area contributed by atoms with Crippen LogP contribution in [0.25, 0.3) is 0 Å². The van der Waals surface area contributed by atoms with Crippen molar-refractivity contribution < 1.29 is 8.42 Å². The minimum absolute atomic E-state index is 0.320. The maximum absolute atomic E-state index is 10.9. The van der Waals surface area contributed by atoms with Crippen molar-refractivity contribution in [3.05, 3.63) is 0 Å². The first-order valence-corrected chi connectivity index (χ1v) is 6.27. The van der Waals surface area contributed by atoms with Gasteiger partial charge in [-0.1, -0.05) is 0 Å². The van der Waals surface area contributed by atoms with Crippen LogP contribution in [0.2, 0.25) is 0 Å². The van der Waals surface area contributed by atoms with Crippen molar-refractivity contribution in [3.8, 4) is 0 Å². The first-order chi connectivity index (χ1) is 5.55. The molecular weight excluding hydrogens is 174 g/mol. The van der Waals surface area contributed by atoms with Crippen LogP contribution < -0.4 is 5.32 Å². The molecule has 0 radical (unpaired) electrons. The van der Waals surface area contributed by atoms with E-state index in [1.54, 1.807) is 0 Å². The molecular formula is C8H15NO2S. The SMILES string of the molecule is CNC1(CC2CS(=O)(=O)C2)CC1. The summed E-state index contributed by atoms with van der Waals surface area (Å²) >= 11 is 0. The number of hydrogen-bond acceptors (Lipinski definition) is 3. The molecule has 0 aromatic carbocycles. The van der Waals surface area contributed by atoms with Gasteiger partial charge in [0.15, 0.2) is 9.84 Å². The highest BCUT2D eigenvalue weighted by atomic mass is 32.2. The molecule has 4 heteroatoms. The molecule has 1 N–H and O–H groups in total. The van der Waals surface area contributed by atoms with E-state index < -0.39 is 9.84 Å². The van der Waals surface area contributed by atoms with Crippen LogP contribution in [0.1, 0.15) is 19.3 Å². The van der Waals surface area contributed by atoms with E-state index >= 15 is 0 Å². The maximum Gasteiger partial charge on any atom is 0.150 e. The Kier molecular flexibility index (Phi) is 1.74. The zero-order valence-corrected chi connectivity index (χ0v) is 8.15. The molecule has 0 amide bonds. The summed E-state index contributed by atoms with van der Waals surface area (Å²) in [6.07, 6.45) is 3.50. The molecule has 3 nitrogen and oxygen atoms in total. The van der Waals surface area contributed by atoms with Gasteiger partial charge in [0.25, 0.3) is 0 Å². The minimum atomic E-state index is -2.61. The van der Waals surface area contributed by atoms with Crippen molar-refractivity contribution in [1.82, 2.24) is 5.32 Å². The second-order valence-corrected chi connectivity index (χ2v) is 6.33. The van der Waals surface area contributed by atoms with E-state index in [0.29, 0.717) is 23.0 Å². The summed E-state index contributed by atoms with van der Waals surface area (Å²) < 4.78 is 21.7. The number of sulfone groups is 1. The molecule has 1 heterocycles. The minimum Gasteiger partial charge on any atom is -0.314 e. The molecule has 70 valence electrons. The van der Waals surface area contributed by atoms with Gasteiger partial charge >= 0.3 is 0 Å². The van der Waals surface area contributed by atoms with Gasteiger partial charge < -0.3 is 5.32 Å². The molecule has 0 bridgehead atoms. The predicted octanol–water partition coefficient (Wildman–Crippen LogP) is 0.173. The Morgan fingerprint density at radius 2 is 2.00 bits per heavy atom. The molecule has 12 heavy (non-hydrogen) atoms. The molecule has 1 saturated carbocycles. The van der Waals surface area contributed by atoms with Crippen LogP contribution in [0.15, 0.2) is 0 Å². The smallest absolute Gasteiger partial charge is 0.150 e. The van der Waals surface area contributed by atoms with E-state index in [1.165, 1.54) is 12.8 Å². The van der Waals surface area contributed by atoms with Crippen LogP contribution in [0, 0.1) is 5.92 Å². The molecule has 2 rings (SSSR count). The van der Waals surface area contributed by atoms with E-state index in [4.69, 9.17) is 0 Å². The summed E-state index contributed by atoms with van der Waals surface area (Å²) in [7, 11) is -0.639. The quantitative estimate of drug-likeness (QED) is 0.688. The zero-order valence-electron chi connectivity index (χ0n) is 7.34. The van der Waals surface area contributed by atoms with E-state index in [0.717, 1.165) is 6.42 Å². The van der Waals surface area contributed by atoms with E-state index in [9.17, 15) is 8.42 Å². The lowest BCUT2D eigenvalue weighted by Crippen LogP contribution is -2.42. The molecule has 2 fully saturated rings. The molecule has 0 unspecified atom stereocenters. The highest BCUT2D eigenvalue weighted by molar-refractivity contribution is 7.92. The standard InChI is InChI=1S/C8H15NO2S/c1-9-8(2-3-8)4-7-5-12(10,11)6-7/h7,9H,2-6H2,1H3. The maximum atomic E-state index is 10.9. The lowest BCUT2D eigenvalue weighted by molar-refractivity contribution is 0.405. The molecule has 0 spiro atoms. The summed E-state index contributed by atoms with van der Waals surface area (Å²) in [4.78, 5) is 0. The van der Waals surface area contributed by atoms with Crippen LogP contribution in [0.3, 0.4) is 0 Å². The van der Waals surface area contributed by atoms with Crippen molar-refractivity contribution in [3.63, 3.8) is 0 Å². The second kappa shape index (κ2) is 2.45. The molecule has 0 aromatic rings. The highest BCUT2D eigenvalue weighted by Gasteiger charge is 2.46. The van der Waals surface area contributed by atoms with E-state index in [1.807, 2.05) is 7.05 Å². The largest absolute Gasteiger partial charge is 0.314 e. The van der Waals surface area contributed by atoms with Crippen molar-refractivity contribution in [2.24, 2.45) is 5.92 Å². The van der Waals surface area contributed by atoms with E-state index in [2.05, 4.69) is 5.32 Å². The lowest BCUT2D eigenvalue weighted by Gasteiger charge is -2.29.